The van der Waals surface area contributed by atoms with Crippen molar-refractivity contribution < 1.29 is 24.2 Å². The molecule has 0 bridgehead atoms. The second kappa shape index (κ2) is 8.68. The number of aromatic nitrogens is 2. The zero-order valence-corrected chi connectivity index (χ0v) is 17.4. The minimum absolute atomic E-state index is 0.0140. The van der Waals surface area contributed by atoms with Crippen molar-refractivity contribution in [3.63, 3.8) is 0 Å². The van der Waals surface area contributed by atoms with Gasteiger partial charge in [0.2, 0.25) is 0 Å². The summed E-state index contributed by atoms with van der Waals surface area (Å²) in [5.74, 6) is -0.642. The average molecular weight is 484 g/mol. The number of carboxylic acid groups (broad SMARTS) is 1. The van der Waals surface area contributed by atoms with Gasteiger partial charge in [-0.25, -0.2) is 4.79 Å². The van der Waals surface area contributed by atoms with Crippen LogP contribution in [0.5, 0.6) is 11.5 Å². The Kier molecular flexibility index (Phi) is 6.28. The van der Waals surface area contributed by atoms with Crippen molar-refractivity contribution in [1.82, 2.24) is 10.2 Å². The van der Waals surface area contributed by atoms with Crippen molar-refractivity contribution >= 4 is 51.3 Å². The van der Waals surface area contributed by atoms with Gasteiger partial charge in [0.25, 0.3) is 11.1 Å². The molecule has 0 unspecified atom stereocenters. The molecule has 0 aliphatic carbocycles. The van der Waals surface area contributed by atoms with Crippen molar-refractivity contribution in [1.29, 1.82) is 0 Å². The van der Waals surface area contributed by atoms with Gasteiger partial charge < -0.3 is 19.4 Å². The van der Waals surface area contributed by atoms with Crippen LogP contribution in [0.4, 0.5) is 0 Å². The highest BCUT2D eigenvalue weighted by atomic mass is 79.9. The fraction of sp³-hybridized carbons (Fsp3) is 0.0556. The van der Waals surface area contributed by atoms with Crippen LogP contribution in [-0.2, 0) is 4.79 Å². The average Bonchev–Trinajstić information content (AvgIpc) is 3.12. The molecule has 0 fully saturated rings. The van der Waals surface area contributed by atoms with Gasteiger partial charge in [0, 0.05) is 15.1 Å². The van der Waals surface area contributed by atoms with E-state index in [0.29, 0.717) is 26.4 Å². The van der Waals surface area contributed by atoms with E-state index in [-0.39, 0.29) is 21.8 Å². The number of aromatic hydroxyl groups is 1. The van der Waals surface area contributed by atoms with Gasteiger partial charge in [-0.1, -0.05) is 27.5 Å². The Labute approximate surface area is 177 Å². The minimum atomic E-state index is -1.20. The van der Waals surface area contributed by atoms with Crippen LogP contribution >= 0.6 is 39.3 Å². The number of ether oxygens (including phenoxy) is 1. The molecule has 0 aliphatic heterocycles. The van der Waals surface area contributed by atoms with Crippen LogP contribution in [0.2, 0.25) is 5.02 Å². The van der Waals surface area contributed by atoms with Crippen LogP contribution in [0.25, 0.3) is 17.5 Å². The number of halogens is 2. The van der Waals surface area contributed by atoms with Gasteiger partial charge in [-0.15, -0.1) is 10.2 Å². The van der Waals surface area contributed by atoms with E-state index >= 15 is 0 Å². The molecule has 10 heteroatoms. The van der Waals surface area contributed by atoms with Crippen LogP contribution in [0, 0.1) is 0 Å². The number of phenols is 1. The van der Waals surface area contributed by atoms with Gasteiger partial charge in [-0.05, 0) is 54.2 Å². The van der Waals surface area contributed by atoms with Crippen molar-refractivity contribution in [2.45, 2.75) is 5.22 Å². The highest BCUT2D eigenvalue weighted by Gasteiger charge is 2.18. The van der Waals surface area contributed by atoms with E-state index in [2.05, 4.69) is 26.1 Å². The number of carbonyl (C=O) groups is 1. The lowest BCUT2D eigenvalue weighted by Gasteiger charge is -2.05. The molecule has 2 aromatic carbocycles. The third kappa shape index (κ3) is 4.67. The molecule has 144 valence electrons. The summed E-state index contributed by atoms with van der Waals surface area (Å²) in [7, 11) is 1.49. The number of nitrogens with zero attached hydrogens (tertiary/aromatic N) is 2. The number of aliphatic carboxylic acids is 1. The maximum atomic E-state index is 11.6. The maximum Gasteiger partial charge on any atom is 0.342 e. The molecule has 28 heavy (non-hydrogen) atoms. The van der Waals surface area contributed by atoms with Crippen LogP contribution in [-0.4, -0.2) is 33.5 Å². The van der Waals surface area contributed by atoms with E-state index in [0.717, 1.165) is 11.8 Å². The van der Waals surface area contributed by atoms with Gasteiger partial charge in [-0.2, -0.15) is 0 Å². The summed E-state index contributed by atoms with van der Waals surface area (Å²) < 4.78 is 11.5. The van der Waals surface area contributed by atoms with Gasteiger partial charge >= 0.3 is 5.97 Å². The predicted octanol–water partition coefficient (Wildman–Crippen LogP) is 5.08. The summed E-state index contributed by atoms with van der Waals surface area (Å²) in [6, 6.07) is 9.61. The summed E-state index contributed by atoms with van der Waals surface area (Å²) in [5.41, 5.74) is 0.815. The normalized spacial score (nSPS) is 11.5. The molecular formula is C18H12BrClN2O5S. The molecule has 2 N–H and O–H groups in total. The Hall–Kier alpha value is -2.49. The summed E-state index contributed by atoms with van der Waals surface area (Å²) in [5, 5.41) is 27.7. The molecule has 7 nitrogen and oxygen atoms in total. The molecule has 0 saturated carbocycles. The number of phenolic OH excluding ortho intramolecular Hbond substituents is 1. The number of hydrogen-bond acceptors (Lipinski definition) is 7. The highest BCUT2D eigenvalue weighted by molar-refractivity contribution is 9.10. The first-order valence-electron chi connectivity index (χ1n) is 7.66. The third-order valence-electron chi connectivity index (χ3n) is 3.48. The molecule has 1 heterocycles. The number of methoxy groups -OCH3 is 1. The highest BCUT2D eigenvalue weighted by Crippen LogP contribution is 2.35. The minimum Gasteiger partial charge on any atom is -0.507 e. The van der Waals surface area contributed by atoms with Crippen LogP contribution in [0.15, 0.2) is 55.4 Å². The monoisotopic (exact) mass is 482 g/mol. The fourth-order valence-corrected chi connectivity index (χ4v) is 3.43. The summed E-state index contributed by atoms with van der Waals surface area (Å²) in [6.45, 7) is 0. The van der Waals surface area contributed by atoms with E-state index in [1.165, 1.54) is 19.3 Å². The van der Waals surface area contributed by atoms with Crippen LogP contribution < -0.4 is 4.74 Å². The summed E-state index contributed by atoms with van der Waals surface area (Å²) >= 11 is 10.1. The Balaban J connectivity index is 1.92. The molecule has 0 aliphatic rings. The van der Waals surface area contributed by atoms with Gasteiger partial charge in [0.05, 0.1) is 12.7 Å². The number of benzene rings is 2. The SMILES string of the molecule is COc1ccc(Cl)cc1-c1nnc(S/C(=C\c2cc(Br)ccc2O)C(=O)O)o1. The molecule has 3 rings (SSSR count). The summed E-state index contributed by atoms with van der Waals surface area (Å²) in [4.78, 5) is 11.5. The first kappa shape index (κ1) is 20.2. The van der Waals surface area contributed by atoms with E-state index in [9.17, 15) is 15.0 Å². The largest absolute Gasteiger partial charge is 0.507 e. The Morgan fingerprint density at radius 2 is 2.07 bits per heavy atom. The molecule has 1 aromatic heterocycles. The lowest BCUT2D eigenvalue weighted by Crippen LogP contribution is -1.97. The first-order chi connectivity index (χ1) is 13.4. The lowest BCUT2D eigenvalue weighted by atomic mass is 10.2. The Morgan fingerprint density at radius 1 is 1.29 bits per heavy atom. The van der Waals surface area contributed by atoms with Crippen molar-refractivity contribution in [3.8, 4) is 23.0 Å². The molecule has 3 aromatic rings. The van der Waals surface area contributed by atoms with Gasteiger partial charge in [0.1, 0.15) is 16.4 Å². The van der Waals surface area contributed by atoms with E-state index in [4.69, 9.17) is 20.8 Å². The van der Waals surface area contributed by atoms with E-state index in [1.807, 2.05) is 0 Å². The molecular weight excluding hydrogens is 472 g/mol. The topological polar surface area (TPSA) is 106 Å². The van der Waals surface area contributed by atoms with Crippen molar-refractivity contribution in [3.05, 3.63) is 56.4 Å². The third-order valence-corrected chi connectivity index (χ3v) is 5.06. The second-order valence-electron chi connectivity index (χ2n) is 5.34. The lowest BCUT2D eigenvalue weighted by molar-refractivity contribution is -0.131. The zero-order chi connectivity index (χ0) is 20.3. The molecule has 0 atom stereocenters. The zero-order valence-electron chi connectivity index (χ0n) is 14.2. The standard InChI is InChI=1S/C18H12BrClN2O5S/c1-26-14-5-3-11(20)8-12(14)16-21-22-18(27-16)28-15(17(24)25)7-9-6-10(19)2-4-13(9)23/h2-8,23H,1H3,(H,24,25)/b15-7-. The smallest absolute Gasteiger partial charge is 0.342 e. The van der Waals surface area contributed by atoms with Gasteiger partial charge in [-0.3, -0.25) is 0 Å². The molecule has 0 radical (unpaired) electrons. The van der Waals surface area contributed by atoms with E-state index < -0.39 is 5.97 Å². The van der Waals surface area contributed by atoms with Crippen LogP contribution in [0.1, 0.15) is 5.56 Å². The number of hydrogen-bond donors (Lipinski definition) is 2. The Morgan fingerprint density at radius 3 is 2.79 bits per heavy atom. The fourth-order valence-electron chi connectivity index (χ4n) is 2.22. The quantitative estimate of drug-likeness (QED) is 0.369. The number of thioether (sulfide) groups is 1. The molecule has 0 spiro atoms. The number of rotatable bonds is 6. The predicted molar refractivity (Wildman–Crippen MR) is 109 cm³/mol. The number of carboxylic acids is 1. The van der Waals surface area contributed by atoms with Crippen LogP contribution in [0.3, 0.4) is 0 Å². The maximum absolute atomic E-state index is 11.6. The van der Waals surface area contributed by atoms with E-state index in [1.54, 1.807) is 30.3 Å². The summed E-state index contributed by atoms with van der Waals surface area (Å²) in [6.07, 6.45) is 1.32. The Bertz CT molecular complexity index is 1070. The molecule has 0 amide bonds. The molecule has 0 saturated heterocycles. The first-order valence-corrected chi connectivity index (χ1v) is 9.65. The van der Waals surface area contributed by atoms with Crippen molar-refractivity contribution in [2.75, 3.05) is 7.11 Å². The van der Waals surface area contributed by atoms with Gasteiger partial charge in [0.15, 0.2) is 0 Å². The van der Waals surface area contributed by atoms with Crippen molar-refractivity contribution in [2.24, 2.45) is 0 Å². The second-order valence-corrected chi connectivity index (χ2v) is 7.68.